The SMILES string of the molecule is O=C(c1ccccc1)N1CCN(c2ccc(-c3ccco3)cc2)CC1. The fraction of sp³-hybridized carbons (Fsp3) is 0.190. The molecule has 1 aliphatic rings. The van der Waals surface area contributed by atoms with Crippen molar-refractivity contribution < 1.29 is 9.21 Å². The van der Waals surface area contributed by atoms with Gasteiger partial charge in [0, 0.05) is 43.0 Å². The van der Waals surface area contributed by atoms with E-state index in [9.17, 15) is 4.79 Å². The molecular formula is C21H20N2O2. The Kier molecular flexibility index (Phi) is 4.25. The molecule has 0 spiro atoms. The van der Waals surface area contributed by atoms with E-state index in [4.69, 9.17) is 4.42 Å². The van der Waals surface area contributed by atoms with Crippen molar-refractivity contribution >= 4 is 11.6 Å². The normalized spacial score (nSPS) is 14.6. The zero-order valence-corrected chi connectivity index (χ0v) is 14.0. The molecule has 4 nitrogen and oxygen atoms in total. The minimum Gasteiger partial charge on any atom is -0.464 e. The first-order chi connectivity index (χ1) is 12.3. The summed E-state index contributed by atoms with van der Waals surface area (Å²) in [6, 6.07) is 21.7. The summed E-state index contributed by atoms with van der Waals surface area (Å²) in [6.45, 7) is 3.18. The van der Waals surface area contributed by atoms with E-state index in [1.54, 1.807) is 6.26 Å². The lowest BCUT2D eigenvalue weighted by Gasteiger charge is -2.36. The summed E-state index contributed by atoms with van der Waals surface area (Å²) in [5.41, 5.74) is 3.02. The standard InChI is InChI=1S/C21H20N2O2/c24-21(18-5-2-1-3-6-18)23-14-12-22(13-15-23)19-10-8-17(9-11-19)20-7-4-16-25-20/h1-11,16H,12-15H2. The van der Waals surface area contributed by atoms with Crippen molar-refractivity contribution in [1.29, 1.82) is 0 Å². The lowest BCUT2D eigenvalue weighted by atomic mass is 10.1. The number of nitrogens with zero attached hydrogens (tertiary/aromatic N) is 2. The molecule has 4 heteroatoms. The van der Waals surface area contributed by atoms with Crippen LogP contribution in [0.3, 0.4) is 0 Å². The average Bonchev–Trinajstić information content (AvgIpc) is 3.23. The van der Waals surface area contributed by atoms with Gasteiger partial charge in [-0.2, -0.15) is 0 Å². The first-order valence-electron chi connectivity index (χ1n) is 8.54. The first kappa shape index (κ1) is 15.5. The minimum absolute atomic E-state index is 0.119. The molecule has 0 atom stereocenters. The summed E-state index contributed by atoms with van der Waals surface area (Å²) in [6.07, 6.45) is 1.69. The number of amides is 1. The maximum atomic E-state index is 12.5. The molecule has 2 aromatic carbocycles. The zero-order valence-electron chi connectivity index (χ0n) is 14.0. The van der Waals surface area contributed by atoms with Crippen LogP contribution in [0.4, 0.5) is 5.69 Å². The Bertz CT molecular complexity index is 818. The van der Waals surface area contributed by atoms with Crippen molar-refractivity contribution in [2.45, 2.75) is 0 Å². The fourth-order valence-corrected chi connectivity index (χ4v) is 3.21. The Balaban J connectivity index is 1.39. The molecular weight excluding hydrogens is 312 g/mol. The molecule has 1 saturated heterocycles. The molecule has 4 rings (SSSR count). The van der Waals surface area contributed by atoms with Crippen LogP contribution < -0.4 is 4.90 Å². The monoisotopic (exact) mass is 332 g/mol. The van der Waals surface area contributed by atoms with E-state index in [1.807, 2.05) is 47.4 Å². The van der Waals surface area contributed by atoms with Crippen molar-refractivity contribution in [3.63, 3.8) is 0 Å². The number of hydrogen-bond acceptors (Lipinski definition) is 3. The van der Waals surface area contributed by atoms with Crippen molar-refractivity contribution in [1.82, 2.24) is 4.90 Å². The van der Waals surface area contributed by atoms with E-state index in [2.05, 4.69) is 29.2 Å². The zero-order chi connectivity index (χ0) is 17.1. The van der Waals surface area contributed by atoms with E-state index in [1.165, 1.54) is 5.69 Å². The summed E-state index contributed by atoms with van der Waals surface area (Å²) in [4.78, 5) is 16.8. The van der Waals surface area contributed by atoms with Gasteiger partial charge in [-0.15, -0.1) is 0 Å². The molecule has 0 N–H and O–H groups in total. The number of piperazine rings is 1. The Morgan fingerprint density at radius 1 is 0.800 bits per heavy atom. The molecule has 0 radical (unpaired) electrons. The van der Waals surface area contributed by atoms with E-state index in [0.717, 1.165) is 43.1 Å². The Morgan fingerprint density at radius 2 is 1.52 bits per heavy atom. The molecule has 3 aromatic rings. The molecule has 0 saturated carbocycles. The van der Waals surface area contributed by atoms with Crippen LogP contribution in [0, 0.1) is 0 Å². The smallest absolute Gasteiger partial charge is 0.253 e. The second-order valence-electron chi connectivity index (χ2n) is 6.17. The summed E-state index contributed by atoms with van der Waals surface area (Å²) in [5, 5.41) is 0. The van der Waals surface area contributed by atoms with Crippen LogP contribution in [0.15, 0.2) is 77.4 Å². The van der Waals surface area contributed by atoms with Gasteiger partial charge in [0.1, 0.15) is 5.76 Å². The average molecular weight is 332 g/mol. The number of carbonyl (C=O) groups excluding carboxylic acids is 1. The second kappa shape index (κ2) is 6.85. The molecule has 0 bridgehead atoms. The number of furan rings is 1. The highest BCUT2D eigenvalue weighted by Gasteiger charge is 2.22. The summed E-state index contributed by atoms with van der Waals surface area (Å²) in [5.74, 6) is 0.998. The Morgan fingerprint density at radius 3 is 2.16 bits per heavy atom. The quantitative estimate of drug-likeness (QED) is 0.730. The van der Waals surface area contributed by atoms with E-state index in [-0.39, 0.29) is 5.91 Å². The van der Waals surface area contributed by atoms with E-state index < -0.39 is 0 Å². The molecule has 1 amide bonds. The molecule has 1 fully saturated rings. The van der Waals surface area contributed by atoms with Crippen molar-refractivity contribution in [3.8, 4) is 11.3 Å². The van der Waals surface area contributed by atoms with Gasteiger partial charge in [-0.1, -0.05) is 18.2 Å². The topological polar surface area (TPSA) is 36.7 Å². The number of rotatable bonds is 3. The van der Waals surface area contributed by atoms with Gasteiger partial charge >= 0.3 is 0 Å². The van der Waals surface area contributed by atoms with Gasteiger partial charge in [0.15, 0.2) is 0 Å². The van der Waals surface area contributed by atoms with Gasteiger partial charge in [-0.05, 0) is 48.5 Å². The third-order valence-electron chi connectivity index (χ3n) is 4.63. The highest BCUT2D eigenvalue weighted by Crippen LogP contribution is 2.24. The van der Waals surface area contributed by atoms with Crippen LogP contribution in [0.2, 0.25) is 0 Å². The summed E-state index contributed by atoms with van der Waals surface area (Å²) in [7, 11) is 0. The summed E-state index contributed by atoms with van der Waals surface area (Å²) >= 11 is 0. The maximum absolute atomic E-state index is 12.5. The lowest BCUT2D eigenvalue weighted by molar-refractivity contribution is 0.0747. The van der Waals surface area contributed by atoms with Gasteiger partial charge < -0.3 is 14.2 Å². The largest absolute Gasteiger partial charge is 0.464 e. The molecule has 1 aromatic heterocycles. The van der Waals surface area contributed by atoms with Gasteiger partial charge in [0.2, 0.25) is 0 Å². The molecule has 0 aliphatic carbocycles. The maximum Gasteiger partial charge on any atom is 0.253 e. The minimum atomic E-state index is 0.119. The van der Waals surface area contributed by atoms with Gasteiger partial charge in [-0.3, -0.25) is 4.79 Å². The van der Waals surface area contributed by atoms with Crippen molar-refractivity contribution in [3.05, 3.63) is 78.6 Å². The van der Waals surface area contributed by atoms with Crippen LogP contribution in [-0.4, -0.2) is 37.0 Å². The molecule has 2 heterocycles. The summed E-state index contributed by atoms with van der Waals surface area (Å²) < 4.78 is 5.43. The second-order valence-corrected chi connectivity index (χ2v) is 6.17. The predicted molar refractivity (Wildman–Crippen MR) is 98.7 cm³/mol. The van der Waals surface area contributed by atoms with Crippen LogP contribution in [0.5, 0.6) is 0 Å². The van der Waals surface area contributed by atoms with Crippen LogP contribution in [0.25, 0.3) is 11.3 Å². The number of benzene rings is 2. The number of anilines is 1. The Labute approximate surface area is 147 Å². The molecule has 0 unspecified atom stereocenters. The predicted octanol–water partition coefficient (Wildman–Crippen LogP) is 3.91. The van der Waals surface area contributed by atoms with E-state index >= 15 is 0 Å². The number of carbonyl (C=O) groups is 1. The highest BCUT2D eigenvalue weighted by atomic mass is 16.3. The van der Waals surface area contributed by atoms with Gasteiger partial charge in [0.05, 0.1) is 6.26 Å². The first-order valence-corrected chi connectivity index (χ1v) is 8.54. The lowest BCUT2D eigenvalue weighted by Crippen LogP contribution is -2.48. The van der Waals surface area contributed by atoms with Crippen molar-refractivity contribution in [2.75, 3.05) is 31.1 Å². The third kappa shape index (κ3) is 3.29. The molecule has 1 aliphatic heterocycles. The number of hydrogen-bond donors (Lipinski definition) is 0. The fourth-order valence-electron chi connectivity index (χ4n) is 3.21. The van der Waals surface area contributed by atoms with Crippen molar-refractivity contribution in [2.24, 2.45) is 0 Å². The van der Waals surface area contributed by atoms with Crippen LogP contribution >= 0.6 is 0 Å². The highest BCUT2D eigenvalue weighted by molar-refractivity contribution is 5.94. The van der Waals surface area contributed by atoms with Crippen LogP contribution in [-0.2, 0) is 0 Å². The van der Waals surface area contributed by atoms with Crippen LogP contribution in [0.1, 0.15) is 10.4 Å². The van der Waals surface area contributed by atoms with Gasteiger partial charge in [0.25, 0.3) is 5.91 Å². The molecule has 126 valence electrons. The third-order valence-corrected chi connectivity index (χ3v) is 4.63. The van der Waals surface area contributed by atoms with E-state index in [0.29, 0.717) is 0 Å². The molecule has 25 heavy (non-hydrogen) atoms. The Hall–Kier alpha value is -3.01. The van der Waals surface area contributed by atoms with Gasteiger partial charge in [-0.25, -0.2) is 0 Å².